The molecule has 0 radical (unpaired) electrons. The SMILES string of the molecule is COc1ccc([C@H](Cc2c(Cl)c[nH+]cc2Cl)OC(=O)c2ccc(I)cc2)cc1OC. The van der Waals surface area contributed by atoms with E-state index in [0.29, 0.717) is 32.7 Å². The van der Waals surface area contributed by atoms with E-state index >= 15 is 0 Å². The fourth-order valence-electron chi connectivity index (χ4n) is 2.92. The highest BCUT2D eigenvalue weighted by Gasteiger charge is 2.24. The molecular formula is C22H19Cl2INO4+. The Bertz CT molecular complexity index is 1020. The lowest BCUT2D eigenvalue weighted by atomic mass is 10.0. The van der Waals surface area contributed by atoms with Gasteiger partial charge in [0, 0.05) is 15.6 Å². The summed E-state index contributed by atoms with van der Waals surface area (Å²) < 4.78 is 17.6. The van der Waals surface area contributed by atoms with Crippen LogP contribution in [-0.4, -0.2) is 20.2 Å². The Kier molecular flexibility index (Phi) is 7.80. The number of methoxy groups -OCH3 is 2. The molecule has 8 heteroatoms. The van der Waals surface area contributed by atoms with Crippen LogP contribution in [0.1, 0.15) is 27.6 Å². The van der Waals surface area contributed by atoms with E-state index in [1.807, 2.05) is 18.2 Å². The molecule has 30 heavy (non-hydrogen) atoms. The maximum atomic E-state index is 12.8. The largest absolute Gasteiger partial charge is 0.493 e. The molecule has 1 N–H and O–H groups in total. The summed E-state index contributed by atoms with van der Waals surface area (Å²) in [6.07, 6.45) is 2.91. The Balaban J connectivity index is 1.98. The molecule has 0 saturated carbocycles. The van der Waals surface area contributed by atoms with Crippen molar-refractivity contribution in [3.63, 3.8) is 0 Å². The molecule has 1 atom stereocenters. The van der Waals surface area contributed by atoms with Gasteiger partial charge in [-0.1, -0.05) is 29.3 Å². The number of ether oxygens (including phenoxy) is 3. The van der Waals surface area contributed by atoms with Gasteiger partial charge in [0.1, 0.15) is 16.1 Å². The molecule has 0 aliphatic carbocycles. The number of H-pyrrole nitrogens is 1. The number of aromatic nitrogens is 1. The van der Waals surface area contributed by atoms with Gasteiger partial charge < -0.3 is 14.2 Å². The number of carbonyl (C=O) groups excluding carboxylic acids is 1. The van der Waals surface area contributed by atoms with Crippen LogP contribution in [-0.2, 0) is 11.2 Å². The zero-order valence-electron chi connectivity index (χ0n) is 16.2. The van der Waals surface area contributed by atoms with Gasteiger partial charge in [0.25, 0.3) is 0 Å². The number of hydrogen-bond acceptors (Lipinski definition) is 4. The molecule has 0 unspecified atom stereocenters. The number of pyridine rings is 1. The van der Waals surface area contributed by atoms with E-state index < -0.39 is 12.1 Å². The summed E-state index contributed by atoms with van der Waals surface area (Å²) >= 11 is 14.9. The maximum absolute atomic E-state index is 12.8. The average molecular weight is 559 g/mol. The lowest BCUT2D eigenvalue weighted by Gasteiger charge is -2.20. The van der Waals surface area contributed by atoms with Crippen LogP contribution in [0.25, 0.3) is 0 Å². The minimum atomic E-state index is -0.644. The first-order valence-corrected chi connectivity index (χ1v) is 10.8. The molecule has 1 aromatic heterocycles. The first-order valence-electron chi connectivity index (χ1n) is 8.95. The van der Waals surface area contributed by atoms with Crippen LogP contribution in [0.5, 0.6) is 11.5 Å². The maximum Gasteiger partial charge on any atom is 0.338 e. The van der Waals surface area contributed by atoms with Crippen LogP contribution < -0.4 is 14.5 Å². The van der Waals surface area contributed by atoms with Gasteiger partial charge in [-0.05, 0) is 64.6 Å². The second-order valence-electron chi connectivity index (χ2n) is 6.35. The van der Waals surface area contributed by atoms with Crippen molar-refractivity contribution in [1.29, 1.82) is 0 Å². The smallest absolute Gasteiger partial charge is 0.338 e. The van der Waals surface area contributed by atoms with Crippen LogP contribution in [0.4, 0.5) is 0 Å². The van der Waals surface area contributed by atoms with Crippen molar-refractivity contribution in [2.24, 2.45) is 0 Å². The Morgan fingerprint density at radius 3 is 2.23 bits per heavy atom. The molecule has 5 nitrogen and oxygen atoms in total. The van der Waals surface area contributed by atoms with Crippen molar-refractivity contribution in [2.45, 2.75) is 12.5 Å². The van der Waals surface area contributed by atoms with Crippen molar-refractivity contribution in [1.82, 2.24) is 0 Å². The lowest BCUT2D eigenvalue weighted by molar-refractivity contribution is -0.377. The molecule has 3 rings (SSSR count). The molecule has 2 aromatic carbocycles. The van der Waals surface area contributed by atoms with Crippen LogP contribution in [0.3, 0.4) is 0 Å². The topological polar surface area (TPSA) is 58.9 Å². The zero-order chi connectivity index (χ0) is 21.7. The van der Waals surface area contributed by atoms with E-state index in [4.69, 9.17) is 37.4 Å². The van der Waals surface area contributed by atoms with E-state index in [2.05, 4.69) is 27.6 Å². The predicted octanol–water partition coefficient (Wildman–Crippen LogP) is 5.57. The summed E-state index contributed by atoms with van der Waals surface area (Å²) in [7, 11) is 3.11. The van der Waals surface area contributed by atoms with E-state index in [-0.39, 0.29) is 6.42 Å². The van der Waals surface area contributed by atoms with Gasteiger partial charge in [0.2, 0.25) is 0 Å². The Morgan fingerprint density at radius 1 is 1.00 bits per heavy atom. The molecule has 1 heterocycles. The summed E-state index contributed by atoms with van der Waals surface area (Å²) in [5.74, 6) is 0.666. The van der Waals surface area contributed by atoms with E-state index in [1.54, 1.807) is 50.9 Å². The van der Waals surface area contributed by atoms with Crippen molar-refractivity contribution in [2.75, 3.05) is 14.2 Å². The highest BCUT2D eigenvalue weighted by Crippen LogP contribution is 2.35. The average Bonchev–Trinajstić information content (AvgIpc) is 2.75. The predicted molar refractivity (Wildman–Crippen MR) is 124 cm³/mol. The lowest BCUT2D eigenvalue weighted by Crippen LogP contribution is -2.15. The number of benzene rings is 2. The summed E-state index contributed by atoms with van der Waals surface area (Å²) in [4.78, 5) is 15.7. The summed E-state index contributed by atoms with van der Waals surface area (Å²) in [5, 5.41) is 0.914. The third-order valence-electron chi connectivity index (χ3n) is 4.49. The molecular weight excluding hydrogens is 540 g/mol. The highest BCUT2D eigenvalue weighted by molar-refractivity contribution is 14.1. The summed E-state index contributed by atoms with van der Waals surface area (Å²) in [6.45, 7) is 0. The Hall–Kier alpha value is -2.03. The zero-order valence-corrected chi connectivity index (χ0v) is 19.9. The van der Waals surface area contributed by atoms with Gasteiger partial charge in [-0.15, -0.1) is 0 Å². The third-order valence-corrected chi connectivity index (χ3v) is 5.89. The van der Waals surface area contributed by atoms with Gasteiger partial charge in [-0.3, -0.25) is 0 Å². The number of nitrogens with one attached hydrogen (secondary N) is 1. The number of aromatic amines is 1. The van der Waals surface area contributed by atoms with Crippen molar-refractivity contribution >= 4 is 51.8 Å². The number of carbonyl (C=O) groups is 1. The van der Waals surface area contributed by atoms with Crippen LogP contribution in [0, 0.1) is 3.57 Å². The quantitative estimate of drug-likeness (QED) is 0.281. The molecule has 0 aliphatic rings. The molecule has 0 aliphatic heterocycles. The van der Waals surface area contributed by atoms with Gasteiger partial charge >= 0.3 is 5.97 Å². The fraction of sp³-hybridized carbons (Fsp3) is 0.182. The van der Waals surface area contributed by atoms with Crippen molar-refractivity contribution in [3.8, 4) is 11.5 Å². The van der Waals surface area contributed by atoms with Gasteiger partial charge in [-0.25, -0.2) is 9.78 Å². The fourth-order valence-corrected chi connectivity index (χ4v) is 3.81. The van der Waals surface area contributed by atoms with Crippen LogP contribution >= 0.6 is 45.8 Å². The van der Waals surface area contributed by atoms with E-state index in [9.17, 15) is 4.79 Å². The minimum Gasteiger partial charge on any atom is -0.493 e. The third kappa shape index (κ3) is 5.36. The van der Waals surface area contributed by atoms with Crippen molar-refractivity contribution in [3.05, 3.63) is 85.2 Å². The number of halogens is 3. The molecule has 0 amide bonds. The highest BCUT2D eigenvalue weighted by atomic mass is 127. The Morgan fingerprint density at radius 2 is 1.63 bits per heavy atom. The second-order valence-corrected chi connectivity index (χ2v) is 8.41. The molecule has 156 valence electrons. The van der Waals surface area contributed by atoms with Crippen LogP contribution in [0.15, 0.2) is 54.9 Å². The van der Waals surface area contributed by atoms with Gasteiger partial charge in [0.05, 0.1) is 19.8 Å². The molecule has 0 fully saturated rings. The number of esters is 1. The molecule has 0 saturated heterocycles. The first kappa shape index (κ1) is 22.7. The second kappa shape index (κ2) is 10.3. The van der Waals surface area contributed by atoms with E-state index in [1.165, 1.54) is 0 Å². The monoisotopic (exact) mass is 558 g/mol. The Labute approximate surface area is 198 Å². The van der Waals surface area contributed by atoms with Crippen molar-refractivity contribution < 1.29 is 24.0 Å². The molecule has 3 aromatic rings. The minimum absolute atomic E-state index is 0.290. The molecule has 0 bridgehead atoms. The first-order chi connectivity index (χ1) is 14.4. The standard InChI is InChI=1S/C22H18Cl2INO4/c1-28-19-8-5-14(9-21(19)29-2)20(10-16-17(23)11-26-12-18(16)24)30-22(27)13-3-6-15(25)7-4-13/h3-9,11-12,20H,10H2,1-2H3/p+1/t20-/m0/s1. The molecule has 0 spiro atoms. The normalized spacial score (nSPS) is 11.6. The number of rotatable bonds is 7. The van der Waals surface area contributed by atoms with Gasteiger partial charge in [0.15, 0.2) is 23.9 Å². The summed E-state index contributed by atoms with van der Waals surface area (Å²) in [6, 6.07) is 12.5. The van der Waals surface area contributed by atoms with E-state index in [0.717, 1.165) is 9.13 Å². The number of hydrogen-bond donors (Lipinski definition) is 0. The summed E-state index contributed by atoms with van der Waals surface area (Å²) in [5.41, 5.74) is 1.86. The van der Waals surface area contributed by atoms with Gasteiger partial charge in [-0.2, -0.15) is 0 Å². The van der Waals surface area contributed by atoms with Crippen LogP contribution in [0.2, 0.25) is 10.0 Å².